The molecule has 0 amide bonds. The molecule has 1 atom stereocenters. The van der Waals surface area contributed by atoms with Crippen LogP contribution in [0, 0.1) is 0 Å². The van der Waals surface area contributed by atoms with E-state index < -0.39 is 39.1 Å². The fraction of sp³-hybridized carbons (Fsp3) is 0.560. The molecule has 0 unspecified atom stereocenters. The lowest BCUT2D eigenvalue weighted by Gasteiger charge is -2.29. The van der Waals surface area contributed by atoms with Gasteiger partial charge in [-0.3, -0.25) is 4.79 Å². The molecule has 0 fully saturated rings. The van der Waals surface area contributed by atoms with E-state index in [1.807, 2.05) is 25.3 Å². The lowest BCUT2D eigenvalue weighted by molar-refractivity contribution is -0.274. The van der Waals surface area contributed by atoms with Gasteiger partial charge < -0.3 is 20.3 Å². The number of benzene rings is 1. The highest BCUT2D eigenvalue weighted by Crippen LogP contribution is 2.29. The second-order valence-corrected chi connectivity index (χ2v) is 12.8. The molecule has 2 aromatic rings. The van der Waals surface area contributed by atoms with Crippen molar-refractivity contribution in [3.8, 4) is 5.75 Å². The molecule has 0 saturated carbocycles. The predicted octanol–water partition coefficient (Wildman–Crippen LogP) is 4.43. The summed E-state index contributed by atoms with van der Waals surface area (Å²) in [5, 5.41) is 24.6. The van der Waals surface area contributed by atoms with Crippen molar-refractivity contribution in [3.63, 3.8) is 0 Å². The van der Waals surface area contributed by atoms with Crippen LogP contribution in [0.1, 0.15) is 50.0 Å². The zero-order chi connectivity index (χ0) is 28.6. The largest absolute Gasteiger partial charge is 0.573 e. The first-order valence-corrected chi connectivity index (χ1v) is 14.4. The number of alkyl halides is 3. The van der Waals surface area contributed by atoms with Gasteiger partial charge in [0.1, 0.15) is 5.75 Å². The molecule has 2 rings (SSSR count). The summed E-state index contributed by atoms with van der Waals surface area (Å²) in [6.07, 6.45) is -3.47. The average Bonchev–Trinajstić information content (AvgIpc) is 3.29. The fourth-order valence-electron chi connectivity index (χ4n) is 3.84. The van der Waals surface area contributed by atoms with Crippen LogP contribution in [0.15, 0.2) is 40.6 Å². The molecule has 38 heavy (non-hydrogen) atoms. The monoisotopic (exact) mass is 580 g/mol. The van der Waals surface area contributed by atoms with Crippen molar-refractivity contribution in [2.75, 3.05) is 20.1 Å². The van der Waals surface area contributed by atoms with Crippen molar-refractivity contribution in [2.45, 2.75) is 75.3 Å². The number of nitrogens with one attached hydrogen (secondary N) is 1. The minimum Gasteiger partial charge on any atom is -0.481 e. The Morgan fingerprint density at radius 1 is 1.18 bits per heavy atom. The number of aryl methyl sites for hydroxylation is 2. The zero-order valence-electron chi connectivity index (χ0n) is 21.6. The number of aliphatic hydroxyl groups is 1. The van der Waals surface area contributed by atoms with Crippen LogP contribution in [0.5, 0.6) is 5.75 Å². The van der Waals surface area contributed by atoms with Gasteiger partial charge in [-0.2, -0.15) is 4.31 Å². The summed E-state index contributed by atoms with van der Waals surface area (Å²) in [6, 6.07) is 7.08. The lowest BCUT2D eigenvalue weighted by Crippen LogP contribution is -2.46. The van der Waals surface area contributed by atoms with E-state index >= 15 is 0 Å². The van der Waals surface area contributed by atoms with Crippen molar-refractivity contribution in [1.29, 1.82) is 0 Å². The van der Waals surface area contributed by atoms with Gasteiger partial charge in [-0.25, -0.2) is 8.42 Å². The van der Waals surface area contributed by atoms with Gasteiger partial charge in [-0.05, 0) is 75.1 Å². The predicted molar refractivity (Wildman–Crippen MR) is 139 cm³/mol. The van der Waals surface area contributed by atoms with Gasteiger partial charge in [0.2, 0.25) is 10.0 Å². The van der Waals surface area contributed by atoms with E-state index in [1.165, 1.54) is 18.0 Å². The van der Waals surface area contributed by atoms with Crippen molar-refractivity contribution in [3.05, 3.63) is 46.2 Å². The van der Waals surface area contributed by atoms with Crippen LogP contribution in [0.2, 0.25) is 0 Å². The smallest absolute Gasteiger partial charge is 0.481 e. The van der Waals surface area contributed by atoms with E-state index in [-0.39, 0.29) is 43.5 Å². The van der Waals surface area contributed by atoms with E-state index in [9.17, 15) is 31.5 Å². The Bertz CT molecular complexity index is 1140. The molecule has 0 bridgehead atoms. The van der Waals surface area contributed by atoms with E-state index in [4.69, 9.17) is 5.11 Å². The van der Waals surface area contributed by atoms with Crippen molar-refractivity contribution < 1.29 is 41.3 Å². The highest BCUT2D eigenvalue weighted by atomic mass is 32.2. The van der Waals surface area contributed by atoms with Crippen LogP contribution in [0.4, 0.5) is 13.2 Å². The van der Waals surface area contributed by atoms with Gasteiger partial charge in [-0.1, -0.05) is 6.07 Å². The SMILES string of the molecule is CN(C[C@H](O)CNC(C)(C)CCCc1cccs1)S(=O)(=O)c1cc(CCCC(=O)O)cc(OC(F)(F)F)c1. The number of carboxylic acids is 1. The zero-order valence-corrected chi connectivity index (χ0v) is 23.3. The molecular formula is C25H35F3N2O6S2. The average molecular weight is 581 g/mol. The second-order valence-electron chi connectivity index (χ2n) is 9.74. The molecule has 0 radical (unpaired) electrons. The first-order valence-electron chi connectivity index (χ1n) is 12.1. The van der Waals surface area contributed by atoms with Crippen molar-refractivity contribution in [2.24, 2.45) is 0 Å². The van der Waals surface area contributed by atoms with Crippen LogP contribution >= 0.6 is 11.3 Å². The third-order valence-corrected chi connectivity index (χ3v) is 8.56. The van der Waals surface area contributed by atoms with Crippen LogP contribution in [-0.2, 0) is 27.7 Å². The molecule has 0 aliphatic rings. The first kappa shape index (κ1) is 32.0. The third-order valence-electron chi connectivity index (χ3n) is 5.83. The molecule has 1 heterocycles. The van der Waals surface area contributed by atoms with Crippen LogP contribution in [0.3, 0.4) is 0 Å². The topological polar surface area (TPSA) is 116 Å². The standard InChI is InChI=1S/C25H35F3N2O6S2/c1-24(2,11-5-8-21-9-6-12-37-21)29-16-19(31)17-30(3)38(34,35)22-14-18(7-4-10-23(32)33)13-20(15-22)36-25(26,27)28/h6,9,12-15,19,29,31H,4-5,7-8,10-11,16-17H2,1-3H3,(H,32,33)/t19-/m1/s1. The number of carbonyl (C=O) groups is 1. The Balaban J connectivity index is 2.03. The Labute approximate surface area is 225 Å². The molecule has 8 nitrogen and oxygen atoms in total. The van der Waals surface area contributed by atoms with Crippen LogP contribution in [0.25, 0.3) is 0 Å². The molecule has 13 heteroatoms. The van der Waals surface area contributed by atoms with Crippen molar-refractivity contribution >= 4 is 27.3 Å². The van der Waals surface area contributed by atoms with Gasteiger partial charge in [0.25, 0.3) is 0 Å². The van der Waals surface area contributed by atoms with E-state index in [2.05, 4.69) is 16.1 Å². The van der Waals surface area contributed by atoms with Crippen LogP contribution in [-0.4, -0.2) is 67.0 Å². The lowest BCUT2D eigenvalue weighted by atomic mass is 9.96. The number of likely N-dealkylation sites (N-methyl/N-ethyl adjacent to an activating group) is 1. The van der Waals surface area contributed by atoms with Gasteiger partial charge in [-0.15, -0.1) is 24.5 Å². The Morgan fingerprint density at radius 3 is 2.50 bits per heavy atom. The van der Waals surface area contributed by atoms with Gasteiger partial charge in [0.05, 0.1) is 11.0 Å². The number of carboxylic acid groups (broad SMARTS) is 1. The first-order chi connectivity index (χ1) is 17.6. The fourth-order valence-corrected chi connectivity index (χ4v) is 5.89. The maximum atomic E-state index is 13.1. The van der Waals surface area contributed by atoms with Crippen LogP contribution < -0.4 is 10.1 Å². The number of halogens is 3. The number of ether oxygens (including phenoxy) is 1. The van der Waals surface area contributed by atoms with E-state index in [0.717, 1.165) is 35.7 Å². The molecule has 0 aliphatic heterocycles. The summed E-state index contributed by atoms with van der Waals surface area (Å²) < 4.78 is 69.6. The molecule has 1 aromatic carbocycles. The third kappa shape index (κ3) is 11.3. The summed E-state index contributed by atoms with van der Waals surface area (Å²) in [6.45, 7) is 3.81. The molecule has 214 valence electrons. The van der Waals surface area contributed by atoms with E-state index in [1.54, 1.807) is 11.3 Å². The molecule has 0 aliphatic carbocycles. The number of rotatable bonds is 16. The molecule has 1 aromatic heterocycles. The number of nitrogens with zero attached hydrogens (tertiary/aromatic N) is 1. The van der Waals surface area contributed by atoms with Gasteiger partial charge in [0, 0.05) is 43.0 Å². The number of aliphatic hydroxyl groups excluding tert-OH is 1. The van der Waals surface area contributed by atoms with E-state index in [0.29, 0.717) is 0 Å². The quantitative estimate of drug-likeness (QED) is 0.269. The Hall–Kier alpha value is -2.19. The highest BCUT2D eigenvalue weighted by molar-refractivity contribution is 7.89. The Morgan fingerprint density at radius 2 is 1.89 bits per heavy atom. The summed E-state index contributed by atoms with van der Waals surface area (Å²) in [5.74, 6) is -1.79. The highest BCUT2D eigenvalue weighted by Gasteiger charge is 2.32. The maximum Gasteiger partial charge on any atom is 0.573 e. The number of sulfonamides is 1. The number of aliphatic carboxylic acids is 1. The number of thiophene rings is 1. The minimum absolute atomic E-state index is 0.0434. The van der Waals surface area contributed by atoms with Gasteiger partial charge in [0.15, 0.2) is 0 Å². The van der Waals surface area contributed by atoms with Crippen molar-refractivity contribution in [1.82, 2.24) is 9.62 Å². The Kier molecular flexibility index (Phi) is 11.6. The molecule has 0 spiro atoms. The molecular weight excluding hydrogens is 545 g/mol. The minimum atomic E-state index is -5.04. The maximum absolute atomic E-state index is 13.1. The van der Waals surface area contributed by atoms with Gasteiger partial charge >= 0.3 is 12.3 Å². The molecule has 3 N–H and O–H groups in total. The number of hydrogen-bond donors (Lipinski definition) is 3. The number of β-amino-alcohol motifs (C(OH)–C–C–N with tert-alkyl or cyclic N) is 1. The second kappa shape index (κ2) is 13.7. The number of hydrogen-bond acceptors (Lipinski definition) is 7. The summed E-state index contributed by atoms with van der Waals surface area (Å²) in [7, 11) is -3.06. The summed E-state index contributed by atoms with van der Waals surface area (Å²) in [4.78, 5) is 11.6. The summed E-state index contributed by atoms with van der Waals surface area (Å²) >= 11 is 1.70. The summed E-state index contributed by atoms with van der Waals surface area (Å²) in [5.41, 5.74) is -0.115. The molecule has 0 saturated heterocycles. The normalized spacial score (nSPS) is 13.6.